The number of carbonyl (C=O) groups excluding carboxylic acids is 5. The van der Waals surface area contributed by atoms with Gasteiger partial charge >= 0.3 is 17.4 Å². The minimum Gasteiger partial charge on any atom is -0.460 e. The van der Waals surface area contributed by atoms with Crippen molar-refractivity contribution in [1.29, 1.82) is 0 Å². The van der Waals surface area contributed by atoms with Gasteiger partial charge in [0.15, 0.2) is 0 Å². The Bertz CT molecular complexity index is 1830. The quantitative estimate of drug-likeness (QED) is 0.119. The van der Waals surface area contributed by atoms with Gasteiger partial charge in [-0.15, -0.1) is 0 Å². The molecule has 3 aliphatic heterocycles. The fourth-order valence-electron chi connectivity index (χ4n) is 7.21. The predicted octanol–water partition coefficient (Wildman–Crippen LogP) is 5.00. The molecule has 7 rings (SSSR count). The average Bonchev–Trinajstić information content (AvgIpc) is 3.87. The van der Waals surface area contributed by atoms with E-state index in [4.69, 9.17) is 18.9 Å². The van der Waals surface area contributed by atoms with E-state index in [2.05, 4.69) is 11.9 Å². The van der Waals surface area contributed by atoms with Crippen LogP contribution < -0.4 is 5.32 Å². The Morgan fingerprint density at radius 1 is 0.920 bits per heavy atom. The minimum absolute atomic E-state index is 0.0340. The van der Waals surface area contributed by atoms with Gasteiger partial charge in [-0.3, -0.25) is 14.5 Å². The molecule has 5 unspecified atom stereocenters. The highest BCUT2D eigenvalue weighted by Gasteiger charge is 2.68. The Morgan fingerprint density at radius 3 is 2.30 bits per heavy atom. The number of fused-ring (bicyclic) bond motifs is 8. The maximum absolute atomic E-state index is 13.5. The van der Waals surface area contributed by atoms with Crippen molar-refractivity contribution in [2.75, 3.05) is 25.6 Å². The average molecular weight is 695 g/mol. The molecule has 1 aliphatic carbocycles. The number of benzene rings is 3. The van der Waals surface area contributed by atoms with E-state index in [-0.39, 0.29) is 49.9 Å². The summed E-state index contributed by atoms with van der Waals surface area (Å²) in [6.45, 7) is 3.31. The molecule has 3 heterocycles. The van der Waals surface area contributed by atoms with Crippen molar-refractivity contribution >= 4 is 40.9 Å². The maximum Gasteiger partial charge on any atom is 0.407 e. The lowest BCUT2D eigenvalue weighted by Gasteiger charge is -2.28. The van der Waals surface area contributed by atoms with Crippen molar-refractivity contribution < 1.29 is 42.9 Å². The Labute approximate surface area is 292 Å². The van der Waals surface area contributed by atoms with Crippen LogP contribution in [0.15, 0.2) is 104 Å². The second-order valence-electron chi connectivity index (χ2n) is 12.4. The van der Waals surface area contributed by atoms with Crippen LogP contribution in [0, 0.1) is 11.8 Å². The third-order valence-corrected chi connectivity index (χ3v) is 10.3. The SMILES string of the molecule is C=CCOC(=O)C(CSC(=O)OCC12C=CC(O1)C1C(=O)N(Cc3ccccc3)C(=O)C12)NC(=O)OCC1c2ccccc2-c2ccccc21. The summed E-state index contributed by atoms with van der Waals surface area (Å²) in [6.07, 6.45) is 3.34. The summed E-state index contributed by atoms with van der Waals surface area (Å²) in [7, 11) is 0. The third kappa shape index (κ3) is 6.20. The van der Waals surface area contributed by atoms with E-state index in [1.165, 1.54) is 11.0 Å². The van der Waals surface area contributed by atoms with Gasteiger partial charge in [0, 0.05) is 11.7 Å². The Kier molecular flexibility index (Phi) is 9.30. The normalized spacial score (nSPS) is 23.2. The first-order valence-electron chi connectivity index (χ1n) is 16.2. The molecule has 0 radical (unpaired) electrons. The van der Waals surface area contributed by atoms with Crippen LogP contribution in [0.5, 0.6) is 0 Å². The molecule has 2 fully saturated rings. The smallest absolute Gasteiger partial charge is 0.407 e. The van der Waals surface area contributed by atoms with E-state index in [0.717, 1.165) is 27.8 Å². The van der Waals surface area contributed by atoms with Gasteiger partial charge in [0.2, 0.25) is 11.8 Å². The highest BCUT2D eigenvalue weighted by molar-refractivity contribution is 8.13. The van der Waals surface area contributed by atoms with Crippen molar-refractivity contribution in [3.05, 3.63) is 120 Å². The Morgan fingerprint density at radius 2 is 1.60 bits per heavy atom. The number of rotatable bonds is 12. The zero-order valence-electron chi connectivity index (χ0n) is 26.9. The van der Waals surface area contributed by atoms with E-state index in [1.807, 2.05) is 78.9 Å². The molecular formula is C38H34N2O9S. The summed E-state index contributed by atoms with van der Waals surface area (Å²) in [5.41, 5.74) is 3.76. The molecule has 0 aromatic heterocycles. The molecule has 1 N–H and O–H groups in total. The van der Waals surface area contributed by atoms with E-state index in [9.17, 15) is 24.0 Å². The molecule has 2 bridgehead atoms. The Hall–Kier alpha value is -5.20. The fourth-order valence-corrected chi connectivity index (χ4v) is 7.87. The van der Waals surface area contributed by atoms with Crippen molar-refractivity contribution in [3.8, 4) is 11.1 Å². The number of likely N-dealkylation sites (tertiary alicyclic amines) is 1. The van der Waals surface area contributed by atoms with Crippen molar-refractivity contribution in [1.82, 2.24) is 10.2 Å². The van der Waals surface area contributed by atoms with Gasteiger partial charge in [-0.2, -0.15) is 0 Å². The molecule has 2 saturated heterocycles. The maximum atomic E-state index is 13.5. The van der Waals surface area contributed by atoms with Crippen LogP contribution in [-0.4, -0.2) is 77.4 Å². The highest BCUT2D eigenvalue weighted by atomic mass is 32.2. The number of ether oxygens (including phenoxy) is 4. The molecule has 3 aromatic rings. The largest absolute Gasteiger partial charge is 0.460 e. The standard InChI is InChI=1S/C38H34N2O9S/c1-2-18-46-35(43)29(39-36(44)47-20-28-26-14-8-6-12-24(26)25-13-7-9-15-27(25)28)21-50-37(45)48-22-38-17-16-30(49-38)31-32(38)34(42)40(33(31)41)19-23-10-4-3-5-11-23/h2-17,28-32H,1,18-22H2,(H,39,44). The van der Waals surface area contributed by atoms with Gasteiger partial charge < -0.3 is 24.3 Å². The van der Waals surface area contributed by atoms with E-state index in [0.29, 0.717) is 11.8 Å². The first kappa shape index (κ1) is 33.3. The number of thioether (sulfide) groups is 1. The highest BCUT2D eigenvalue weighted by Crippen LogP contribution is 2.52. The van der Waals surface area contributed by atoms with Crippen molar-refractivity contribution in [2.45, 2.75) is 30.2 Å². The topological polar surface area (TPSA) is 138 Å². The van der Waals surface area contributed by atoms with Crippen molar-refractivity contribution in [2.24, 2.45) is 11.8 Å². The summed E-state index contributed by atoms with van der Waals surface area (Å²) in [5.74, 6) is -3.42. The lowest BCUT2D eigenvalue weighted by Crippen LogP contribution is -2.45. The van der Waals surface area contributed by atoms with E-state index in [1.54, 1.807) is 12.2 Å². The summed E-state index contributed by atoms with van der Waals surface area (Å²) in [6, 6.07) is 23.8. The lowest BCUT2D eigenvalue weighted by molar-refractivity contribution is -0.146. The molecule has 50 heavy (non-hydrogen) atoms. The van der Waals surface area contributed by atoms with Crippen LogP contribution in [0.3, 0.4) is 0 Å². The van der Waals surface area contributed by atoms with Crippen molar-refractivity contribution in [3.63, 3.8) is 0 Å². The van der Waals surface area contributed by atoms with Crippen LogP contribution in [0.4, 0.5) is 9.59 Å². The van der Waals surface area contributed by atoms with Gasteiger partial charge in [-0.25, -0.2) is 14.4 Å². The molecule has 5 atom stereocenters. The van der Waals surface area contributed by atoms with Crippen LogP contribution in [0.1, 0.15) is 22.6 Å². The van der Waals surface area contributed by atoms with E-state index >= 15 is 0 Å². The summed E-state index contributed by atoms with van der Waals surface area (Å²) < 4.78 is 22.4. The molecule has 256 valence electrons. The number of amides is 3. The van der Waals surface area contributed by atoms with E-state index < -0.39 is 46.9 Å². The zero-order chi connectivity index (χ0) is 34.8. The summed E-state index contributed by atoms with van der Waals surface area (Å²) >= 11 is 0.648. The van der Waals surface area contributed by atoms with Gasteiger partial charge in [-0.05, 0) is 45.7 Å². The van der Waals surface area contributed by atoms with Gasteiger partial charge in [0.1, 0.15) is 31.5 Å². The third-order valence-electron chi connectivity index (χ3n) is 9.48. The number of alkyl carbamates (subject to hydrolysis) is 1. The molecule has 0 saturated carbocycles. The first-order chi connectivity index (χ1) is 24.3. The number of hydrogen-bond donors (Lipinski definition) is 1. The molecular weight excluding hydrogens is 660 g/mol. The molecule has 3 aromatic carbocycles. The van der Waals surface area contributed by atoms with Crippen LogP contribution in [0.2, 0.25) is 0 Å². The number of carbonyl (C=O) groups is 5. The molecule has 4 aliphatic rings. The summed E-state index contributed by atoms with van der Waals surface area (Å²) in [5, 5.41) is 1.75. The van der Waals surface area contributed by atoms with Gasteiger partial charge in [0.25, 0.3) is 0 Å². The summed E-state index contributed by atoms with van der Waals surface area (Å²) in [4.78, 5) is 66.8. The number of nitrogens with zero attached hydrogens (tertiary/aromatic N) is 1. The second kappa shape index (κ2) is 14.0. The monoisotopic (exact) mass is 694 g/mol. The zero-order valence-corrected chi connectivity index (χ0v) is 27.7. The van der Waals surface area contributed by atoms with Gasteiger partial charge in [-0.1, -0.05) is 97.6 Å². The van der Waals surface area contributed by atoms with Crippen LogP contribution in [0.25, 0.3) is 11.1 Å². The number of esters is 1. The van der Waals surface area contributed by atoms with Crippen LogP contribution in [-0.2, 0) is 39.9 Å². The molecule has 12 heteroatoms. The number of nitrogens with one attached hydrogen (secondary N) is 1. The molecule has 11 nitrogen and oxygen atoms in total. The number of imide groups is 1. The van der Waals surface area contributed by atoms with Crippen LogP contribution >= 0.6 is 11.8 Å². The lowest BCUT2D eigenvalue weighted by atomic mass is 9.77. The molecule has 0 spiro atoms. The second-order valence-corrected chi connectivity index (χ2v) is 13.4. The predicted molar refractivity (Wildman–Crippen MR) is 183 cm³/mol. The molecule has 3 amide bonds. The number of hydrogen-bond acceptors (Lipinski definition) is 10. The minimum atomic E-state index is -1.29. The fraction of sp³-hybridized carbons (Fsp3) is 0.289. The van der Waals surface area contributed by atoms with Gasteiger partial charge in [0.05, 0.1) is 24.5 Å². The Balaban J connectivity index is 0.952. The first-order valence-corrected chi connectivity index (χ1v) is 17.2.